The van der Waals surface area contributed by atoms with Crippen molar-refractivity contribution in [3.8, 4) is 0 Å². The number of halogens is 1. The van der Waals surface area contributed by atoms with Crippen molar-refractivity contribution in [1.29, 1.82) is 0 Å². The second-order valence-electron chi connectivity index (χ2n) is 1.74. The molecule has 10 heavy (non-hydrogen) atoms. The zero-order valence-electron chi connectivity index (χ0n) is 5.03. The molecule has 2 N–H and O–H groups in total. The van der Waals surface area contributed by atoms with Crippen LogP contribution in [0.3, 0.4) is 0 Å². The van der Waals surface area contributed by atoms with Gasteiger partial charge in [-0.3, -0.25) is 10.4 Å². The predicted octanol–water partition coefficient (Wildman–Crippen LogP) is 1.41. The Balaban J connectivity index is 3.03. The molecule has 0 atom stereocenters. The first-order chi connectivity index (χ1) is 4.72. The number of hydrogen-bond donors (Lipinski definition) is 2. The van der Waals surface area contributed by atoms with Gasteiger partial charge in [-0.05, 0) is 12.1 Å². The molecule has 0 aliphatic rings. The number of benzene rings is 1. The van der Waals surface area contributed by atoms with Gasteiger partial charge in [0.2, 0.25) is 0 Å². The number of para-hydroxylation sites is 1. The van der Waals surface area contributed by atoms with Crippen LogP contribution in [0.2, 0.25) is 0 Å². The van der Waals surface area contributed by atoms with E-state index >= 15 is 0 Å². The topological polar surface area (TPSA) is 43.7 Å². The molecule has 4 heteroatoms. The lowest BCUT2D eigenvalue weighted by Gasteiger charge is -2.06. The lowest BCUT2D eigenvalue weighted by molar-refractivity contribution is 0.0273. The van der Waals surface area contributed by atoms with Crippen LogP contribution in [0.1, 0.15) is 0 Å². The van der Waals surface area contributed by atoms with Gasteiger partial charge in [0.25, 0.3) is 0 Å². The average Bonchev–Trinajstić information content (AvgIpc) is 1.88. The summed E-state index contributed by atoms with van der Waals surface area (Å²) >= 11 is 0. The van der Waals surface area contributed by atoms with E-state index in [4.69, 9.17) is 10.4 Å². The Labute approximate surface area is 56.9 Å². The Morgan fingerprint density at radius 3 is 2.20 bits per heavy atom. The van der Waals surface area contributed by atoms with E-state index in [2.05, 4.69) is 0 Å². The van der Waals surface area contributed by atoms with Gasteiger partial charge in [-0.25, -0.2) is 4.39 Å². The fraction of sp³-hybridized carbons (Fsp3) is 0. The zero-order valence-corrected chi connectivity index (χ0v) is 5.03. The van der Waals surface area contributed by atoms with Crippen LogP contribution in [0.25, 0.3) is 0 Å². The van der Waals surface area contributed by atoms with E-state index in [1.165, 1.54) is 18.2 Å². The van der Waals surface area contributed by atoms with Gasteiger partial charge in [0.15, 0.2) is 5.82 Å². The van der Waals surface area contributed by atoms with Gasteiger partial charge in [0.05, 0.1) is 0 Å². The molecule has 1 aromatic carbocycles. The number of nitrogens with zero attached hydrogens (tertiary/aromatic N) is 1. The summed E-state index contributed by atoms with van der Waals surface area (Å²) in [5, 5.41) is 16.5. The molecule has 0 unspecified atom stereocenters. The van der Waals surface area contributed by atoms with Crippen molar-refractivity contribution in [2.45, 2.75) is 0 Å². The first-order valence-electron chi connectivity index (χ1n) is 2.64. The second-order valence-corrected chi connectivity index (χ2v) is 1.74. The smallest absolute Gasteiger partial charge is 0.151 e. The van der Waals surface area contributed by atoms with E-state index in [0.29, 0.717) is 0 Å². The van der Waals surface area contributed by atoms with Gasteiger partial charge in [-0.2, -0.15) is 0 Å². The third-order valence-corrected chi connectivity index (χ3v) is 1.07. The molecular formula is C6H6FNO2. The summed E-state index contributed by atoms with van der Waals surface area (Å²) in [7, 11) is 0. The van der Waals surface area contributed by atoms with Crippen molar-refractivity contribution in [3.63, 3.8) is 0 Å². The molecule has 0 aliphatic heterocycles. The Hall–Kier alpha value is -1.13. The zero-order chi connectivity index (χ0) is 7.56. The van der Waals surface area contributed by atoms with E-state index < -0.39 is 5.82 Å². The Kier molecular flexibility index (Phi) is 1.84. The molecule has 0 aromatic heterocycles. The SMILES string of the molecule is ON(O)c1ccccc1F. The quantitative estimate of drug-likeness (QED) is 0.584. The highest BCUT2D eigenvalue weighted by molar-refractivity contribution is 5.41. The summed E-state index contributed by atoms with van der Waals surface area (Å²) in [5.74, 6) is -0.674. The first-order valence-corrected chi connectivity index (χ1v) is 2.64. The molecule has 1 aromatic rings. The summed E-state index contributed by atoms with van der Waals surface area (Å²) in [6.07, 6.45) is 0. The highest BCUT2D eigenvalue weighted by Crippen LogP contribution is 2.14. The lowest BCUT2D eigenvalue weighted by atomic mass is 10.3. The van der Waals surface area contributed by atoms with E-state index in [1.807, 2.05) is 0 Å². The monoisotopic (exact) mass is 143 g/mol. The molecule has 0 aliphatic carbocycles. The van der Waals surface area contributed by atoms with Crippen LogP contribution in [0.4, 0.5) is 10.1 Å². The van der Waals surface area contributed by atoms with Gasteiger partial charge < -0.3 is 0 Å². The largest absolute Gasteiger partial charge is 0.264 e. The van der Waals surface area contributed by atoms with Crippen LogP contribution in [0, 0.1) is 5.82 Å². The van der Waals surface area contributed by atoms with Crippen LogP contribution in [-0.4, -0.2) is 10.4 Å². The Morgan fingerprint density at radius 1 is 1.20 bits per heavy atom. The maximum absolute atomic E-state index is 12.5. The minimum atomic E-state index is -0.674. The summed E-state index contributed by atoms with van der Waals surface area (Å²) < 4.78 is 12.5. The third kappa shape index (κ3) is 1.23. The Morgan fingerprint density at radius 2 is 1.80 bits per heavy atom. The minimum absolute atomic E-state index is 0.255. The maximum Gasteiger partial charge on any atom is 0.151 e. The molecule has 54 valence electrons. The highest BCUT2D eigenvalue weighted by atomic mass is 19.1. The normalized spacial score (nSPS) is 9.50. The van der Waals surface area contributed by atoms with Gasteiger partial charge in [0, 0.05) is 0 Å². The van der Waals surface area contributed by atoms with Crippen molar-refractivity contribution in [1.82, 2.24) is 0 Å². The van der Waals surface area contributed by atoms with Crippen molar-refractivity contribution in [2.75, 3.05) is 5.23 Å². The summed E-state index contributed by atoms with van der Waals surface area (Å²) in [6.45, 7) is 0. The molecule has 0 spiro atoms. The average molecular weight is 143 g/mol. The van der Waals surface area contributed by atoms with Gasteiger partial charge in [-0.15, -0.1) is 5.23 Å². The number of rotatable bonds is 1. The third-order valence-electron chi connectivity index (χ3n) is 1.07. The first kappa shape index (κ1) is 6.98. The molecule has 0 radical (unpaired) electrons. The van der Waals surface area contributed by atoms with Crippen LogP contribution < -0.4 is 5.23 Å². The molecule has 0 heterocycles. The van der Waals surface area contributed by atoms with Crippen LogP contribution in [-0.2, 0) is 0 Å². The fourth-order valence-electron chi connectivity index (χ4n) is 0.614. The molecule has 0 fully saturated rings. The van der Waals surface area contributed by atoms with E-state index in [0.717, 1.165) is 6.07 Å². The van der Waals surface area contributed by atoms with Crippen molar-refractivity contribution in [2.24, 2.45) is 0 Å². The molecule has 1 rings (SSSR count). The minimum Gasteiger partial charge on any atom is -0.264 e. The molecule has 0 bridgehead atoms. The number of anilines is 1. The van der Waals surface area contributed by atoms with Crippen LogP contribution in [0.5, 0.6) is 0 Å². The standard InChI is InChI=1S/C6H6FNO2/c7-5-3-1-2-4-6(5)8(9)10/h1-4,9-10H. The van der Waals surface area contributed by atoms with E-state index in [1.54, 1.807) is 0 Å². The molecule has 0 saturated heterocycles. The summed E-state index contributed by atoms with van der Waals surface area (Å²) in [6, 6.07) is 5.34. The van der Waals surface area contributed by atoms with Gasteiger partial charge >= 0.3 is 0 Å². The van der Waals surface area contributed by atoms with E-state index in [9.17, 15) is 4.39 Å². The summed E-state index contributed by atoms with van der Waals surface area (Å²) in [4.78, 5) is 0. The fourth-order valence-corrected chi connectivity index (χ4v) is 0.614. The molecular weight excluding hydrogens is 137 g/mol. The van der Waals surface area contributed by atoms with Crippen LogP contribution >= 0.6 is 0 Å². The molecule has 3 nitrogen and oxygen atoms in total. The van der Waals surface area contributed by atoms with Gasteiger partial charge in [-0.1, -0.05) is 12.1 Å². The van der Waals surface area contributed by atoms with Crippen molar-refractivity contribution < 1.29 is 14.8 Å². The van der Waals surface area contributed by atoms with Crippen molar-refractivity contribution in [3.05, 3.63) is 30.1 Å². The number of hydrogen-bond acceptors (Lipinski definition) is 3. The van der Waals surface area contributed by atoms with Gasteiger partial charge in [0.1, 0.15) is 5.69 Å². The highest BCUT2D eigenvalue weighted by Gasteiger charge is 2.03. The van der Waals surface area contributed by atoms with Crippen molar-refractivity contribution >= 4 is 5.69 Å². The second kappa shape index (κ2) is 2.64. The maximum atomic E-state index is 12.5. The predicted molar refractivity (Wildman–Crippen MR) is 32.5 cm³/mol. The van der Waals surface area contributed by atoms with E-state index in [-0.39, 0.29) is 10.9 Å². The Bertz CT molecular complexity index is 227. The summed E-state index contributed by atoms with van der Waals surface area (Å²) in [5.41, 5.74) is -0.262. The lowest BCUT2D eigenvalue weighted by Crippen LogP contribution is -2.12. The molecule has 0 amide bonds. The van der Waals surface area contributed by atoms with Crippen LogP contribution in [0.15, 0.2) is 24.3 Å². The molecule has 0 saturated carbocycles.